The number of hydrogen-bond donors (Lipinski definition) is 2. The number of nitrogens with two attached hydrogens (primary N) is 1. The molecule has 20 heavy (non-hydrogen) atoms. The predicted molar refractivity (Wildman–Crippen MR) is 71.8 cm³/mol. The average molecular weight is 286 g/mol. The monoisotopic (exact) mass is 286 g/mol. The first-order valence-electron chi connectivity index (χ1n) is 6.57. The van der Waals surface area contributed by atoms with Crippen LogP contribution in [0, 0.1) is 0 Å². The van der Waals surface area contributed by atoms with E-state index < -0.39 is 12.1 Å². The molecular weight excluding hydrogens is 264 g/mol. The molecule has 1 unspecified atom stereocenters. The number of methoxy groups -OCH3 is 1. The van der Waals surface area contributed by atoms with Gasteiger partial charge in [0.2, 0.25) is 5.91 Å². The van der Waals surface area contributed by atoms with E-state index in [9.17, 15) is 14.4 Å². The zero-order valence-corrected chi connectivity index (χ0v) is 11.9. The number of nitrogens with one attached hydrogen (secondary N) is 1. The number of nitrogens with zero attached hydrogens (tertiary/aromatic N) is 2. The van der Waals surface area contributed by atoms with Crippen LogP contribution in [0.5, 0.6) is 0 Å². The molecule has 3 amide bonds. The third kappa shape index (κ3) is 5.14. The smallest absolute Gasteiger partial charge is 0.318 e. The van der Waals surface area contributed by atoms with E-state index in [0.717, 1.165) is 13.1 Å². The molecule has 1 saturated heterocycles. The molecule has 3 N–H and O–H groups in total. The third-order valence-electron chi connectivity index (χ3n) is 3.44. The summed E-state index contributed by atoms with van der Waals surface area (Å²) < 4.78 is 4.60. The van der Waals surface area contributed by atoms with Gasteiger partial charge in [-0.15, -0.1) is 0 Å². The highest BCUT2D eigenvalue weighted by Gasteiger charge is 2.26. The van der Waals surface area contributed by atoms with Crippen molar-refractivity contribution in [1.29, 1.82) is 0 Å². The van der Waals surface area contributed by atoms with Gasteiger partial charge < -0.3 is 15.4 Å². The van der Waals surface area contributed by atoms with Crippen molar-refractivity contribution in [2.24, 2.45) is 5.73 Å². The fourth-order valence-corrected chi connectivity index (χ4v) is 2.12. The molecule has 0 aromatic carbocycles. The van der Waals surface area contributed by atoms with Crippen molar-refractivity contribution in [3.63, 3.8) is 0 Å². The van der Waals surface area contributed by atoms with Gasteiger partial charge in [-0.05, 0) is 6.92 Å². The zero-order valence-electron chi connectivity index (χ0n) is 11.9. The lowest BCUT2D eigenvalue weighted by Gasteiger charge is -2.37. The Labute approximate surface area is 118 Å². The first-order valence-corrected chi connectivity index (χ1v) is 6.57. The molecule has 0 aromatic rings. The highest BCUT2D eigenvalue weighted by Crippen LogP contribution is 2.07. The summed E-state index contributed by atoms with van der Waals surface area (Å²) in [5.41, 5.74) is 4.92. The Balaban J connectivity index is 2.32. The lowest BCUT2D eigenvalue weighted by Crippen LogP contribution is -2.55. The van der Waals surface area contributed by atoms with Crippen molar-refractivity contribution in [2.45, 2.75) is 19.4 Å². The van der Waals surface area contributed by atoms with Crippen LogP contribution in [0.2, 0.25) is 0 Å². The van der Waals surface area contributed by atoms with E-state index in [1.54, 1.807) is 6.92 Å². The summed E-state index contributed by atoms with van der Waals surface area (Å²) >= 11 is 0. The van der Waals surface area contributed by atoms with Gasteiger partial charge in [-0.2, -0.15) is 0 Å². The molecule has 1 aliphatic rings. The lowest BCUT2D eigenvalue weighted by molar-refractivity contribution is -0.141. The van der Waals surface area contributed by atoms with E-state index in [0.29, 0.717) is 26.1 Å². The summed E-state index contributed by atoms with van der Waals surface area (Å²) in [5.74, 6) is -0.609. The van der Waals surface area contributed by atoms with Crippen molar-refractivity contribution < 1.29 is 19.1 Å². The van der Waals surface area contributed by atoms with E-state index in [4.69, 9.17) is 5.73 Å². The van der Waals surface area contributed by atoms with E-state index >= 15 is 0 Å². The van der Waals surface area contributed by atoms with Gasteiger partial charge in [0.05, 0.1) is 19.6 Å². The number of carbonyl (C=O) groups is 3. The number of urea groups is 1. The number of esters is 1. The van der Waals surface area contributed by atoms with Gasteiger partial charge in [0, 0.05) is 32.7 Å². The van der Waals surface area contributed by atoms with Gasteiger partial charge in [-0.25, -0.2) is 4.79 Å². The topological polar surface area (TPSA) is 105 Å². The van der Waals surface area contributed by atoms with Crippen LogP contribution in [0.4, 0.5) is 4.79 Å². The van der Waals surface area contributed by atoms with Crippen LogP contribution in [0.3, 0.4) is 0 Å². The number of hydrogen-bond acceptors (Lipinski definition) is 6. The normalized spacial score (nSPS) is 18.3. The minimum atomic E-state index is -0.835. The van der Waals surface area contributed by atoms with E-state index in [1.165, 1.54) is 7.11 Å². The fraction of sp³-hybridized carbons (Fsp3) is 0.750. The number of rotatable bonds is 5. The van der Waals surface area contributed by atoms with Gasteiger partial charge in [0.1, 0.15) is 0 Å². The molecule has 1 heterocycles. The Hall–Kier alpha value is -1.67. The zero-order chi connectivity index (χ0) is 15.1. The summed E-state index contributed by atoms with van der Waals surface area (Å²) in [6.07, 6.45) is 0.369. The van der Waals surface area contributed by atoms with Crippen molar-refractivity contribution in [2.75, 3.05) is 39.8 Å². The number of primary amides is 1. The van der Waals surface area contributed by atoms with Gasteiger partial charge in [-0.1, -0.05) is 0 Å². The molecule has 114 valence electrons. The van der Waals surface area contributed by atoms with Crippen LogP contribution >= 0.6 is 0 Å². The molecule has 0 aromatic heterocycles. The summed E-state index contributed by atoms with van der Waals surface area (Å²) in [7, 11) is 1.37. The van der Waals surface area contributed by atoms with Crippen molar-refractivity contribution in [3.8, 4) is 0 Å². The first-order chi connectivity index (χ1) is 9.43. The van der Waals surface area contributed by atoms with Gasteiger partial charge in [-0.3, -0.25) is 19.8 Å². The predicted octanol–water partition coefficient (Wildman–Crippen LogP) is -1.25. The highest BCUT2D eigenvalue weighted by molar-refractivity contribution is 5.96. The minimum absolute atomic E-state index is 0.221. The Morgan fingerprint density at radius 2 is 1.85 bits per heavy atom. The molecule has 1 aliphatic heterocycles. The Morgan fingerprint density at radius 1 is 1.25 bits per heavy atom. The molecule has 0 spiro atoms. The van der Waals surface area contributed by atoms with Crippen molar-refractivity contribution in [1.82, 2.24) is 15.1 Å². The standard InChI is InChI=1S/C12H22N4O4/c1-9(11(18)14-12(13)19)16-7-5-15(6-8-16)4-3-10(17)20-2/h9H,3-8H2,1-2H3,(H3,13,14,18,19). The Morgan fingerprint density at radius 3 is 2.35 bits per heavy atom. The second-order valence-corrected chi connectivity index (χ2v) is 4.73. The molecule has 1 rings (SSSR count). The SMILES string of the molecule is COC(=O)CCN1CCN(C(C)C(=O)NC(N)=O)CC1. The molecular formula is C12H22N4O4. The molecule has 0 saturated carbocycles. The van der Waals surface area contributed by atoms with Crippen LogP contribution in [0.15, 0.2) is 0 Å². The molecule has 8 nitrogen and oxygen atoms in total. The van der Waals surface area contributed by atoms with Crippen LogP contribution < -0.4 is 11.1 Å². The maximum Gasteiger partial charge on any atom is 0.318 e. The molecule has 1 fully saturated rings. The van der Waals surface area contributed by atoms with Crippen LogP contribution in [-0.4, -0.2) is 73.6 Å². The van der Waals surface area contributed by atoms with Crippen molar-refractivity contribution in [3.05, 3.63) is 0 Å². The minimum Gasteiger partial charge on any atom is -0.469 e. The largest absolute Gasteiger partial charge is 0.469 e. The third-order valence-corrected chi connectivity index (χ3v) is 3.44. The summed E-state index contributed by atoms with van der Waals surface area (Å²) in [6, 6.07) is -1.23. The molecule has 8 heteroatoms. The molecule has 0 radical (unpaired) electrons. The summed E-state index contributed by atoms with van der Waals surface area (Å²) in [6.45, 7) is 5.34. The maximum atomic E-state index is 11.7. The van der Waals surface area contributed by atoms with Crippen LogP contribution in [0.25, 0.3) is 0 Å². The van der Waals surface area contributed by atoms with Gasteiger partial charge >= 0.3 is 12.0 Å². The maximum absolute atomic E-state index is 11.7. The Bertz CT molecular complexity index is 366. The quantitative estimate of drug-likeness (QED) is 0.612. The second kappa shape index (κ2) is 7.81. The summed E-state index contributed by atoms with van der Waals surface area (Å²) in [4.78, 5) is 37.5. The number of ether oxygens (including phenoxy) is 1. The second-order valence-electron chi connectivity index (χ2n) is 4.73. The first kappa shape index (κ1) is 16.4. The fourth-order valence-electron chi connectivity index (χ4n) is 2.12. The van der Waals surface area contributed by atoms with Crippen LogP contribution in [-0.2, 0) is 14.3 Å². The number of imide groups is 1. The van der Waals surface area contributed by atoms with Gasteiger partial charge in [0.25, 0.3) is 0 Å². The summed E-state index contributed by atoms with van der Waals surface area (Å²) in [5, 5.41) is 2.08. The number of carbonyl (C=O) groups excluding carboxylic acids is 3. The number of amides is 3. The average Bonchev–Trinajstić information content (AvgIpc) is 2.43. The van der Waals surface area contributed by atoms with Gasteiger partial charge in [0.15, 0.2) is 0 Å². The van der Waals surface area contributed by atoms with Crippen molar-refractivity contribution >= 4 is 17.9 Å². The van der Waals surface area contributed by atoms with Crippen LogP contribution in [0.1, 0.15) is 13.3 Å². The molecule has 0 aliphatic carbocycles. The lowest BCUT2D eigenvalue weighted by atomic mass is 10.2. The van der Waals surface area contributed by atoms with E-state index in [2.05, 4.69) is 15.0 Å². The van der Waals surface area contributed by atoms with E-state index in [1.807, 2.05) is 4.90 Å². The van der Waals surface area contributed by atoms with E-state index in [-0.39, 0.29) is 11.9 Å². The Kier molecular flexibility index (Phi) is 6.40. The molecule has 1 atom stereocenters. The number of piperazine rings is 1. The molecule has 0 bridgehead atoms. The highest BCUT2D eigenvalue weighted by atomic mass is 16.5.